The molecule has 0 saturated carbocycles. The number of benzene rings is 1. The van der Waals surface area contributed by atoms with Crippen molar-refractivity contribution in [3.05, 3.63) is 45.2 Å². The summed E-state index contributed by atoms with van der Waals surface area (Å²) < 4.78 is 18.4. The maximum absolute atomic E-state index is 12.4. The quantitative estimate of drug-likeness (QED) is 0.737. The minimum Gasteiger partial charge on any atom is -0.491 e. The van der Waals surface area contributed by atoms with Crippen LogP contribution in [0, 0.1) is 5.92 Å². The van der Waals surface area contributed by atoms with Gasteiger partial charge in [0.2, 0.25) is 0 Å². The Bertz CT molecular complexity index is 952. The largest absolute Gasteiger partial charge is 0.491 e. The topological polar surface area (TPSA) is 87.0 Å². The van der Waals surface area contributed by atoms with Crippen LogP contribution >= 0.6 is 11.6 Å². The number of pyridine rings is 1. The molecule has 1 aliphatic heterocycles. The number of nitrogens with zero attached hydrogens (tertiary/aromatic N) is 1. The van der Waals surface area contributed by atoms with Gasteiger partial charge in [0, 0.05) is 31.0 Å². The van der Waals surface area contributed by atoms with Gasteiger partial charge in [-0.3, -0.25) is 4.79 Å². The van der Waals surface area contributed by atoms with Gasteiger partial charge >= 0.3 is 5.97 Å². The Morgan fingerprint density at radius 3 is 2.75 bits per heavy atom. The van der Waals surface area contributed by atoms with Gasteiger partial charge in [-0.15, -0.1) is 0 Å². The molecule has 1 atom stereocenters. The second-order valence-electron chi connectivity index (χ2n) is 6.89. The predicted molar refractivity (Wildman–Crippen MR) is 105 cm³/mol. The monoisotopic (exact) mass is 407 g/mol. The van der Waals surface area contributed by atoms with Gasteiger partial charge in [-0.1, -0.05) is 25.4 Å². The summed E-state index contributed by atoms with van der Waals surface area (Å²) in [4.78, 5) is 23.8. The molecule has 0 radical (unpaired) electrons. The van der Waals surface area contributed by atoms with E-state index in [1.165, 1.54) is 12.3 Å². The fourth-order valence-electron chi connectivity index (χ4n) is 3.17. The van der Waals surface area contributed by atoms with E-state index < -0.39 is 11.4 Å². The zero-order valence-corrected chi connectivity index (χ0v) is 16.7. The Morgan fingerprint density at radius 1 is 1.36 bits per heavy atom. The zero-order chi connectivity index (χ0) is 20.4. The lowest BCUT2D eigenvalue weighted by atomic mass is 10.0. The molecule has 150 valence electrons. The van der Waals surface area contributed by atoms with Crippen molar-refractivity contribution in [2.75, 3.05) is 26.9 Å². The third kappa shape index (κ3) is 3.86. The molecule has 0 bridgehead atoms. The van der Waals surface area contributed by atoms with Crippen LogP contribution in [0.25, 0.3) is 11.3 Å². The Kier molecular flexibility index (Phi) is 5.96. The molecule has 2 heterocycles. The Morgan fingerprint density at radius 2 is 2.11 bits per heavy atom. The molecule has 1 aromatic heterocycles. The number of methoxy groups -OCH3 is 1. The number of carboxylic acids is 1. The van der Waals surface area contributed by atoms with Crippen molar-refractivity contribution < 1.29 is 24.1 Å². The van der Waals surface area contributed by atoms with Crippen LogP contribution in [0.3, 0.4) is 0 Å². The summed E-state index contributed by atoms with van der Waals surface area (Å²) in [5.41, 5.74) is 0.335. The van der Waals surface area contributed by atoms with Crippen LogP contribution < -0.4 is 14.9 Å². The van der Waals surface area contributed by atoms with Gasteiger partial charge in [-0.25, -0.2) is 4.79 Å². The van der Waals surface area contributed by atoms with Crippen LogP contribution in [0.4, 0.5) is 0 Å². The van der Waals surface area contributed by atoms with E-state index in [1.54, 1.807) is 23.8 Å². The molecule has 0 fully saturated rings. The molecular formula is C20H22ClNO6. The summed E-state index contributed by atoms with van der Waals surface area (Å²) in [7, 11) is 1.58. The number of aromatic carboxylic acids is 1. The lowest BCUT2D eigenvalue weighted by Crippen LogP contribution is -2.25. The molecule has 0 saturated heterocycles. The van der Waals surface area contributed by atoms with Crippen molar-refractivity contribution >= 4 is 17.6 Å². The maximum atomic E-state index is 12.4. The molecule has 1 unspecified atom stereocenters. The third-order valence-electron chi connectivity index (χ3n) is 4.70. The molecule has 28 heavy (non-hydrogen) atoms. The van der Waals surface area contributed by atoms with Crippen molar-refractivity contribution in [2.45, 2.75) is 19.9 Å². The lowest BCUT2D eigenvalue weighted by Gasteiger charge is -2.24. The van der Waals surface area contributed by atoms with Crippen molar-refractivity contribution in [2.24, 2.45) is 5.92 Å². The Hall–Kier alpha value is -2.51. The number of hydrogen-bond donors (Lipinski definition) is 1. The van der Waals surface area contributed by atoms with Crippen LogP contribution in [0.15, 0.2) is 29.2 Å². The molecule has 1 aliphatic rings. The molecule has 0 aliphatic carbocycles. The number of carbonyl (C=O) groups is 1. The molecule has 0 spiro atoms. The molecule has 1 aromatic carbocycles. The van der Waals surface area contributed by atoms with Gasteiger partial charge in [0.1, 0.15) is 30.3 Å². The fourth-order valence-corrected chi connectivity index (χ4v) is 3.39. The summed E-state index contributed by atoms with van der Waals surface area (Å²) in [5.74, 6) is -0.133. The number of rotatable bonds is 6. The number of fused-ring (bicyclic) bond motifs is 3. The lowest BCUT2D eigenvalue weighted by molar-refractivity contribution is 0.0694. The van der Waals surface area contributed by atoms with E-state index >= 15 is 0 Å². The summed E-state index contributed by atoms with van der Waals surface area (Å²) in [6.45, 7) is 5.09. The highest BCUT2D eigenvalue weighted by molar-refractivity contribution is 6.32. The minimum atomic E-state index is -1.26. The molecule has 7 nitrogen and oxygen atoms in total. The van der Waals surface area contributed by atoms with Crippen LogP contribution in [0.5, 0.6) is 11.5 Å². The highest BCUT2D eigenvalue weighted by atomic mass is 35.5. The zero-order valence-electron chi connectivity index (χ0n) is 15.9. The summed E-state index contributed by atoms with van der Waals surface area (Å²) in [6, 6.07) is 4.54. The van der Waals surface area contributed by atoms with Crippen molar-refractivity contribution in [3.63, 3.8) is 0 Å². The second-order valence-corrected chi connectivity index (χ2v) is 7.30. The number of carboxylic acid groups (broad SMARTS) is 1. The van der Waals surface area contributed by atoms with Crippen molar-refractivity contribution in [1.82, 2.24) is 4.57 Å². The van der Waals surface area contributed by atoms with E-state index in [-0.39, 0.29) is 17.5 Å². The standard InChI is InChI=1S/C20H22ClNO6/c1-11(2)16-10-28-18-8-19(27-5-4-26-3)14(21)6-12(18)15-7-17(23)13(20(24)25)9-22(15)16/h6-9,11,16H,4-5,10H2,1-3H3,(H,24,25). The van der Waals surface area contributed by atoms with E-state index in [4.69, 9.17) is 25.8 Å². The van der Waals surface area contributed by atoms with Gasteiger partial charge in [0.05, 0.1) is 23.4 Å². The van der Waals surface area contributed by atoms with Crippen LogP contribution in [-0.2, 0) is 4.74 Å². The summed E-state index contributed by atoms with van der Waals surface area (Å²) in [5, 5.41) is 9.71. The van der Waals surface area contributed by atoms with Crippen LogP contribution in [-0.4, -0.2) is 42.6 Å². The average molecular weight is 408 g/mol. The maximum Gasteiger partial charge on any atom is 0.341 e. The van der Waals surface area contributed by atoms with E-state index in [0.29, 0.717) is 47.6 Å². The second kappa shape index (κ2) is 8.24. The number of hydrogen-bond acceptors (Lipinski definition) is 5. The SMILES string of the molecule is COCCOc1cc2c(cc1Cl)-c1cc(=O)c(C(=O)O)cn1C(C(C)C)CO2. The fraction of sp³-hybridized carbons (Fsp3) is 0.400. The van der Waals surface area contributed by atoms with Gasteiger partial charge in [0.25, 0.3) is 0 Å². The van der Waals surface area contributed by atoms with E-state index in [1.807, 2.05) is 13.8 Å². The third-order valence-corrected chi connectivity index (χ3v) is 5.00. The first-order valence-corrected chi connectivity index (χ1v) is 9.29. The highest BCUT2D eigenvalue weighted by Crippen LogP contribution is 2.42. The molecule has 3 rings (SSSR count). The molecule has 0 amide bonds. The van der Waals surface area contributed by atoms with Gasteiger partial charge in [-0.05, 0) is 12.0 Å². The van der Waals surface area contributed by atoms with E-state index in [9.17, 15) is 14.7 Å². The summed E-state index contributed by atoms with van der Waals surface area (Å²) in [6.07, 6.45) is 1.39. The van der Waals surface area contributed by atoms with Gasteiger partial charge in [0.15, 0.2) is 5.43 Å². The average Bonchev–Trinajstić information content (AvgIpc) is 2.78. The van der Waals surface area contributed by atoms with Crippen molar-refractivity contribution in [1.29, 1.82) is 0 Å². The normalized spacial score (nSPS) is 15.4. The number of ether oxygens (including phenoxy) is 3. The first-order valence-electron chi connectivity index (χ1n) is 8.91. The van der Waals surface area contributed by atoms with E-state index in [0.717, 1.165) is 0 Å². The number of halogens is 1. The van der Waals surface area contributed by atoms with Gasteiger partial charge in [-0.2, -0.15) is 0 Å². The Balaban J connectivity index is 2.16. The molecule has 2 aromatic rings. The first kappa shape index (κ1) is 20.2. The minimum absolute atomic E-state index is 0.144. The summed E-state index contributed by atoms with van der Waals surface area (Å²) >= 11 is 6.38. The molecular weight excluding hydrogens is 386 g/mol. The number of aromatic nitrogens is 1. The smallest absolute Gasteiger partial charge is 0.341 e. The van der Waals surface area contributed by atoms with Gasteiger partial charge < -0.3 is 23.9 Å². The molecule has 8 heteroatoms. The van der Waals surface area contributed by atoms with Crippen molar-refractivity contribution in [3.8, 4) is 22.8 Å². The van der Waals surface area contributed by atoms with Crippen LogP contribution in [0.2, 0.25) is 5.02 Å². The van der Waals surface area contributed by atoms with E-state index in [2.05, 4.69) is 0 Å². The first-order chi connectivity index (χ1) is 13.3. The Labute approximate surface area is 167 Å². The van der Waals surface area contributed by atoms with Crippen LogP contribution in [0.1, 0.15) is 30.2 Å². The molecule has 1 N–H and O–H groups in total. The highest BCUT2D eigenvalue weighted by Gasteiger charge is 2.27. The predicted octanol–water partition coefficient (Wildman–Crippen LogP) is 3.48.